The Morgan fingerprint density at radius 2 is 1.96 bits per heavy atom. The van der Waals surface area contributed by atoms with Gasteiger partial charge in [0.2, 0.25) is 5.91 Å². The summed E-state index contributed by atoms with van der Waals surface area (Å²) in [4.78, 5) is 11.8. The van der Waals surface area contributed by atoms with E-state index < -0.39 is 0 Å². The Morgan fingerprint density at radius 3 is 2.72 bits per heavy atom. The maximum absolute atomic E-state index is 11.8. The molecule has 4 nitrogen and oxygen atoms in total. The van der Waals surface area contributed by atoms with Crippen LogP contribution in [0.5, 0.6) is 0 Å². The molecule has 0 fully saturated rings. The van der Waals surface area contributed by atoms with Crippen molar-refractivity contribution in [2.24, 2.45) is 5.10 Å². The highest BCUT2D eigenvalue weighted by Gasteiger charge is 2.06. The van der Waals surface area contributed by atoms with Crippen molar-refractivity contribution in [3.8, 4) is 11.3 Å². The van der Waals surface area contributed by atoms with Gasteiger partial charge in [0.1, 0.15) is 11.5 Å². The summed E-state index contributed by atoms with van der Waals surface area (Å²) >= 11 is 6.14. The Hall–Kier alpha value is -2.85. The summed E-state index contributed by atoms with van der Waals surface area (Å²) in [5.74, 6) is 1.06. The topological polar surface area (TPSA) is 54.6 Å². The molecular weight excluding hydrogens is 336 g/mol. The van der Waals surface area contributed by atoms with Gasteiger partial charge in [0.05, 0.1) is 12.6 Å². The number of nitrogens with zero attached hydrogens (tertiary/aromatic N) is 1. The van der Waals surface area contributed by atoms with E-state index in [1.54, 1.807) is 6.07 Å². The molecule has 1 aromatic heterocycles. The molecular formula is C20H17ClN2O2. The van der Waals surface area contributed by atoms with Gasteiger partial charge in [0, 0.05) is 10.6 Å². The number of aryl methyl sites for hydroxylation is 1. The minimum atomic E-state index is -0.181. The predicted molar refractivity (Wildman–Crippen MR) is 99.8 cm³/mol. The Morgan fingerprint density at radius 1 is 1.16 bits per heavy atom. The van der Waals surface area contributed by atoms with E-state index in [1.807, 2.05) is 61.5 Å². The molecule has 0 aliphatic rings. The summed E-state index contributed by atoms with van der Waals surface area (Å²) in [7, 11) is 0. The Bertz CT molecular complexity index is 901. The van der Waals surface area contributed by atoms with Crippen LogP contribution in [0.2, 0.25) is 5.02 Å². The van der Waals surface area contributed by atoms with E-state index in [4.69, 9.17) is 16.0 Å². The van der Waals surface area contributed by atoms with Crippen molar-refractivity contribution in [1.82, 2.24) is 5.43 Å². The van der Waals surface area contributed by atoms with Crippen molar-refractivity contribution in [1.29, 1.82) is 0 Å². The number of benzene rings is 2. The van der Waals surface area contributed by atoms with Crippen molar-refractivity contribution < 1.29 is 9.21 Å². The van der Waals surface area contributed by atoms with Crippen LogP contribution in [0.4, 0.5) is 0 Å². The summed E-state index contributed by atoms with van der Waals surface area (Å²) in [5.41, 5.74) is 5.34. The van der Waals surface area contributed by atoms with Gasteiger partial charge in [-0.2, -0.15) is 5.10 Å². The molecule has 0 spiro atoms. The fourth-order valence-electron chi connectivity index (χ4n) is 2.31. The third kappa shape index (κ3) is 4.58. The van der Waals surface area contributed by atoms with Crippen LogP contribution in [0.1, 0.15) is 16.9 Å². The summed E-state index contributed by atoms with van der Waals surface area (Å²) in [6, 6.07) is 18.9. The van der Waals surface area contributed by atoms with Crippen molar-refractivity contribution in [3.63, 3.8) is 0 Å². The zero-order chi connectivity index (χ0) is 17.6. The third-order valence-corrected chi connectivity index (χ3v) is 4.08. The van der Waals surface area contributed by atoms with Crippen LogP contribution < -0.4 is 5.43 Å². The lowest BCUT2D eigenvalue weighted by molar-refractivity contribution is -0.120. The van der Waals surface area contributed by atoms with E-state index in [9.17, 15) is 4.79 Å². The van der Waals surface area contributed by atoms with Crippen molar-refractivity contribution in [2.45, 2.75) is 13.3 Å². The van der Waals surface area contributed by atoms with E-state index in [2.05, 4.69) is 10.5 Å². The van der Waals surface area contributed by atoms with Gasteiger partial charge in [-0.15, -0.1) is 0 Å². The van der Waals surface area contributed by atoms with Gasteiger partial charge in [-0.05, 0) is 36.2 Å². The highest BCUT2D eigenvalue weighted by molar-refractivity contribution is 6.31. The number of halogens is 1. The first-order chi connectivity index (χ1) is 12.1. The highest BCUT2D eigenvalue weighted by atomic mass is 35.5. The number of furan rings is 1. The molecule has 3 rings (SSSR count). The van der Waals surface area contributed by atoms with E-state index in [0.29, 0.717) is 16.5 Å². The largest absolute Gasteiger partial charge is 0.455 e. The average Bonchev–Trinajstić information content (AvgIpc) is 3.07. The number of carbonyl (C=O) groups is 1. The smallest absolute Gasteiger partial charge is 0.244 e. The molecule has 126 valence electrons. The summed E-state index contributed by atoms with van der Waals surface area (Å²) < 4.78 is 5.71. The lowest BCUT2D eigenvalue weighted by atomic mass is 10.1. The van der Waals surface area contributed by atoms with Gasteiger partial charge in [0.25, 0.3) is 0 Å². The third-order valence-electron chi connectivity index (χ3n) is 3.67. The molecule has 1 N–H and O–H groups in total. The number of hydrogen-bond donors (Lipinski definition) is 1. The zero-order valence-corrected chi connectivity index (χ0v) is 14.5. The maximum atomic E-state index is 11.8. The monoisotopic (exact) mass is 352 g/mol. The molecule has 0 radical (unpaired) electrons. The molecule has 1 amide bonds. The molecule has 0 unspecified atom stereocenters. The predicted octanol–water partition coefficient (Wildman–Crippen LogP) is 4.60. The molecule has 0 bridgehead atoms. The minimum Gasteiger partial charge on any atom is -0.455 e. The van der Waals surface area contributed by atoms with E-state index in [-0.39, 0.29) is 12.3 Å². The first kappa shape index (κ1) is 17.0. The summed E-state index contributed by atoms with van der Waals surface area (Å²) in [6.07, 6.45) is 1.76. The van der Waals surface area contributed by atoms with Crippen LogP contribution in [0.25, 0.3) is 11.3 Å². The van der Waals surface area contributed by atoms with Crippen molar-refractivity contribution in [2.75, 3.05) is 0 Å². The fraction of sp³-hybridized carbons (Fsp3) is 0.100. The van der Waals surface area contributed by atoms with E-state index in [0.717, 1.165) is 16.7 Å². The fourth-order valence-corrected chi connectivity index (χ4v) is 2.49. The Balaban J connectivity index is 1.60. The van der Waals surface area contributed by atoms with Crippen LogP contribution in [0.15, 0.2) is 70.2 Å². The lowest BCUT2D eigenvalue weighted by Gasteiger charge is -2.01. The molecule has 0 aliphatic heterocycles. The van der Waals surface area contributed by atoms with Gasteiger partial charge >= 0.3 is 0 Å². The van der Waals surface area contributed by atoms with Crippen LogP contribution in [0.3, 0.4) is 0 Å². The molecule has 1 heterocycles. The van der Waals surface area contributed by atoms with Crippen LogP contribution >= 0.6 is 11.6 Å². The minimum absolute atomic E-state index is 0.181. The van der Waals surface area contributed by atoms with Gasteiger partial charge in [-0.1, -0.05) is 54.1 Å². The zero-order valence-electron chi connectivity index (χ0n) is 13.7. The molecule has 2 aromatic carbocycles. The number of hydrazone groups is 1. The second-order valence-corrected chi connectivity index (χ2v) is 6.03. The highest BCUT2D eigenvalue weighted by Crippen LogP contribution is 2.26. The Kier molecular flexibility index (Phi) is 5.31. The normalized spacial score (nSPS) is 11.0. The molecule has 0 saturated heterocycles. The second-order valence-electron chi connectivity index (χ2n) is 5.62. The number of nitrogens with one attached hydrogen (secondary N) is 1. The molecule has 3 aromatic rings. The van der Waals surface area contributed by atoms with Crippen LogP contribution in [0, 0.1) is 6.92 Å². The molecule has 25 heavy (non-hydrogen) atoms. The van der Waals surface area contributed by atoms with Crippen molar-refractivity contribution in [3.05, 3.63) is 82.6 Å². The molecule has 5 heteroatoms. The number of hydrogen-bond acceptors (Lipinski definition) is 3. The van der Waals surface area contributed by atoms with Crippen LogP contribution in [-0.2, 0) is 11.2 Å². The standard InChI is InChI=1S/C20H17ClN2O2/c1-14-7-8-16(12-18(14)21)19-10-9-17(25-19)13-22-23-20(24)11-15-5-3-2-4-6-15/h2-10,12-13H,11H2,1H3,(H,23,24). The van der Waals surface area contributed by atoms with Crippen molar-refractivity contribution >= 4 is 23.7 Å². The van der Waals surface area contributed by atoms with Gasteiger partial charge in [-0.25, -0.2) is 5.43 Å². The second kappa shape index (κ2) is 7.81. The Labute approximate surface area is 151 Å². The van der Waals surface area contributed by atoms with Crippen LogP contribution in [-0.4, -0.2) is 12.1 Å². The average molecular weight is 353 g/mol. The van der Waals surface area contributed by atoms with E-state index in [1.165, 1.54) is 6.21 Å². The molecule has 0 atom stereocenters. The lowest BCUT2D eigenvalue weighted by Crippen LogP contribution is -2.19. The van der Waals surface area contributed by atoms with E-state index >= 15 is 0 Å². The number of amides is 1. The summed E-state index contributed by atoms with van der Waals surface area (Å²) in [6.45, 7) is 1.95. The SMILES string of the molecule is Cc1ccc(-c2ccc(C=NNC(=O)Cc3ccccc3)o2)cc1Cl. The quantitative estimate of drug-likeness (QED) is 0.539. The summed E-state index contributed by atoms with van der Waals surface area (Å²) in [5, 5.41) is 4.62. The first-order valence-electron chi connectivity index (χ1n) is 7.84. The van der Waals surface area contributed by atoms with Gasteiger partial charge in [-0.3, -0.25) is 4.79 Å². The van der Waals surface area contributed by atoms with Gasteiger partial charge in [0.15, 0.2) is 0 Å². The molecule has 0 saturated carbocycles. The maximum Gasteiger partial charge on any atom is 0.244 e. The number of rotatable bonds is 5. The first-order valence-corrected chi connectivity index (χ1v) is 8.22. The molecule has 0 aliphatic carbocycles. The van der Waals surface area contributed by atoms with Gasteiger partial charge < -0.3 is 4.42 Å². The number of carbonyl (C=O) groups excluding carboxylic acids is 1.